The van der Waals surface area contributed by atoms with Crippen molar-refractivity contribution < 1.29 is 14.0 Å². The lowest BCUT2D eigenvalue weighted by molar-refractivity contribution is -0.125. The van der Waals surface area contributed by atoms with E-state index in [1.54, 1.807) is 30.3 Å². The van der Waals surface area contributed by atoms with Crippen molar-refractivity contribution in [3.63, 3.8) is 0 Å². The molecule has 0 aromatic heterocycles. The fourth-order valence-corrected chi connectivity index (χ4v) is 5.24. The van der Waals surface area contributed by atoms with Crippen LogP contribution in [-0.4, -0.2) is 23.8 Å². The number of fused-ring (bicyclic) bond motifs is 3. The number of hydrogen-bond donors (Lipinski definition) is 1. The van der Waals surface area contributed by atoms with Crippen LogP contribution in [0.1, 0.15) is 27.4 Å². The van der Waals surface area contributed by atoms with Crippen LogP contribution in [0.4, 0.5) is 10.1 Å². The number of rotatable bonds is 4. The number of carbonyl (C=O) groups is 2. The smallest absolute Gasteiger partial charge is 0.241 e. The van der Waals surface area contributed by atoms with Gasteiger partial charge in [-0.1, -0.05) is 72.8 Å². The van der Waals surface area contributed by atoms with Gasteiger partial charge >= 0.3 is 0 Å². The van der Waals surface area contributed by atoms with Gasteiger partial charge in [0.2, 0.25) is 5.91 Å². The first-order chi connectivity index (χ1) is 16.0. The van der Waals surface area contributed by atoms with Gasteiger partial charge in [0.1, 0.15) is 11.9 Å². The summed E-state index contributed by atoms with van der Waals surface area (Å²) in [7, 11) is 0. The fraction of sp³-hybridized carbons (Fsp3) is 0.148. The van der Waals surface area contributed by atoms with E-state index in [4.69, 9.17) is 5.73 Å². The minimum atomic E-state index is -1.74. The average molecular weight is 437 g/mol. The lowest BCUT2D eigenvalue weighted by atomic mass is 9.67. The Morgan fingerprint density at radius 2 is 1.64 bits per heavy atom. The lowest BCUT2D eigenvalue weighted by Gasteiger charge is -2.36. The van der Waals surface area contributed by atoms with Crippen molar-refractivity contribution in [3.05, 3.63) is 107 Å². The molecule has 1 fully saturated rings. The largest absolute Gasteiger partial charge is 0.368 e. The zero-order chi connectivity index (χ0) is 23.2. The van der Waals surface area contributed by atoms with Crippen LogP contribution in [0, 0.1) is 22.6 Å². The topological polar surface area (TPSA) is 87.2 Å². The number of para-hydroxylation sites is 1. The van der Waals surface area contributed by atoms with Crippen LogP contribution in [0.2, 0.25) is 0 Å². The summed E-state index contributed by atoms with van der Waals surface area (Å²) in [5.74, 6) is -2.42. The number of anilines is 1. The highest BCUT2D eigenvalue weighted by molar-refractivity contribution is 6.06. The molecule has 3 aromatic carbocycles. The number of halogens is 1. The van der Waals surface area contributed by atoms with Gasteiger partial charge in [-0.3, -0.25) is 9.59 Å². The van der Waals surface area contributed by atoms with Crippen LogP contribution in [0.5, 0.6) is 0 Å². The van der Waals surface area contributed by atoms with Crippen LogP contribution >= 0.6 is 0 Å². The highest BCUT2D eigenvalue weighted by Gasteiger charge is 2.65. The zero-order valence-corrected chi connectivity index (χ0v) is 17.6. The standard InChI is InChI=1S/C27H20FN3O2/c28-20-13-10-18(11-14-20)23-24(25(32)19-7-2-1-3-8-19)31-21-9-5-4-6-17(21)12-15-22(31)27(23,16-29)26(30)33/h1-15,22-24H,(H2,30,33). The van der Waals surface area contributed by atoms with E-state index in [2.05, 4.69) is 6.07 Å². The predicted molar refractivity (Wildman–Crippen MR) is 123 cm³/mol. The van der Waals surface area contributed by atoms with Gasteiger partial charge in [0, 0.05) is 17.2 Å². The first-order valence-electron chi connectivity index (χ1n) is 10.6. The first kappa shape index (κ1) is 20.7. The van der Waals surface area contributed by atoms with E-state index in [0.717, 1.165) is 11.3 Å². The molecule has 0 bridgehead atoms. The van der Waals surface area contributed by atoms with Crippen LogP contribution in [0.15, 0.2) is 84.9 Å². The van der Waals surface area contributed by atoms with E-state index in [0.29, 0.717) is 11.1 Å². The molecule has 0 saturated carbocycles. The lowest BCUT2D eigenvalue weighted by Crippen LogP contribution is -2.49. The molecular weight excluding hydrogens is 417 g/mol. The van der Waals surface area contributed by atoms with Crippen molar-refractivity contribution in [2.45, 2.75) is 18.0 Å². The molecule has 0 aliphatic carbocycles. The normalized spacial score (nSPS) is 25.1. The monoisotopic (exact) mass is 437 g/mol. The van der Waals surface area contributed by atoms with Gasteiger partial charge in [0.25, 0.3) is 0 Å². The minimum Gasteiger partial charge on any atom is -0.368 e. The molecule has 33 heavy (non-hydrogen) atoms. The summed E-state index contributed by atoms with van der Waals surface area (Å²) in [5, 5.41) is 10.4. The Morgan fingerprint density at radius 1 is 0.970 bits per heavy atom. The quantitative estimate of drug-likeness (QED) is 0.624. The number of hydrogen-bond acceptors (Lipinski definition) is 4. The van der Waals surface area contributed by atoms with E-state index in [1.165, 1.54) is 24.3 Å². The molecule has 1 amide bonds. The molecule has 1 saturated heterocycles. The van der Waals surface area contributed by atoms with Crippen LogP contribution < -0.4 is 10.6 Å². The number of carbonyl (C=O) groups excluding carboxylic acids is 2. The maximum Gasteiger partial charge on any atom is 0.241 e. The van der Waals surface area contributed by atoms with Crippen molar-refractivity contribution in [2.75, 3.05) is 4.90 Å². The number of primary amides is 1. The fourth-order valence-electron chi connectivity index (χ4n) is 5.24. The number of benzene rings is 3. The summed E-state index contributed by atoms with van der Waals surface area (Å²) in [6.07, 6.45) is 3.62. The van der Waals surface area contributed by atoms with Crippen molar-refractivity contribution in [1.29, 1.82) is 5.26 Å². The second kappa shape index (κ2) is 7.72. The Bertz CT molecular complexity index is 1310. The van der Waals surface area contributed by atoms with E-state index in [1.807, 2.05) is 41.3 Å². The summed E-state index contributed by atoms with van der Waals surface area (Å²) in [6, 6.07) is 22.4. The second-order valence-electron chi connectivity index (χ2n) is 8.32. The molecular formula is C27H20FN3O2. The Balaban J connectivity index is 1.81. The van der Waals surface area contributed by atoms with Gasteiger partial charge in [0.15, 0.2) is 11.2 Å². The molecule has 4 atom stereocenters. The third-order valence-electron chi connectivity index (χ3n) is 6.69. The van der Waals surface area contributed by atoms with E-state index < -0.39 is 35.1 Å². The average Bonchev–Trinajstić information content (AvgIpc) is 3.16. The van der Waals surface area contributed by atoms with Crippen molar-refractivity contribution in [1.82, 2.24) is 0 Å². The number of nitrogens with zero attached hydrogens (tertiary/aromatic N) is 2. The maximum absolute atomic E-state index is 14.0. The summed E-state index contributed by atoms with van der Waals surface area (Å²) in [5.41, 5.74) is 6.76. The summed E-state index contributed by atoms with van der Waals surface area (Å²) >= 11 is 0. The molecule has 0 radical (unpaired) electrons. The van der Waals surface area contributed by atoms with Gasteiger partial charge in [-0.05, 0) is 29.3 Å². The minimum absolute atomic E-state index is 0.238. The Hall–Kier alpha value is -4.24. The number of Topliss-reactive ketones (excluding diaryl/α,β-unsaturated/α-hetero) is 1. The molecule has 2 N–H and O–H groups in total. The van der Waals surface area contributed by atoms with Gasteiger partial charge in [0.05, 0.1) is 12.1 Å². The molecule has 4 unspecified atom stereocenters. The highest BCUT2D eigenvalue weighted by Crippen LogP contribution is 2.55. The first-order valence-corrected chi connectivity index (χ1v) is 10.6. The molecule has 0 spiro atoms. The third-order valence-corrected chi connectivity index (χ3v) is 6.69. The molecule has 2 aliphatic rings. The number of nitrogens with two attached hydrogens (primary N) is 1. The van der Waals surface area contributed by atoms with E-state index >= 15 is 0 Å². The Labute approximate surface area is 190 Å². The van der Waals surface area contributed by atoms with E-state index in [-0.39, 0.29) is 5.78 Å². The Kier molecular flexibility index (Phi) is 4.83. The SMILES string of the molecule is N#CC1(C(N)=O)C(c2ccc(F)cc2)C(C(=O)c2ccccc2)N2c3ccccc3C=CC21. The van der Waals surface area contributed by atoms with Gasteiger partial charge in [-0.15, -0.1) is 0 Å². The maximum atomic E-state index is 14.0. The molecule has 6 heteroatoms. The molecule has 2 aliphatic heterocycles. The summed E-state index contributed by atoms with van der Waals surface area (Å²) in [6.45, 7) is 0. The summed E-state index contributed by atoms with van der Waals surface area (Å²) < 4.78 is 13.8. The highest BCUT2D eigenvalue weighted by atomic mass is 19.1. The molecule has 5 rings (SSSR count). The third kappa shape index (κ3) is 2.97. The molecule has 2 heterocycles. The number of ketones is 1. The molecule has 5 nitrogen and oxygen atoms in total. The van der Waals surface area contributed by atoms with Gasteiger partial charge < -0.3 is 10.6 Å². The van der Waals surface area contributed by atoms with Crippen LogP contribution in [0.25, 0.3) is 6.08 Å². The number of amides is 1. The van der Waals surface area contributed by atoms with Crippen molar-refractivity contribution in [2.24, 2.45) is 11.1 Å². The second-order valence-corrected chi connectivity index (χ2v) is 8.32. The summed E-state index contributed by atoms with van der Waals surface area (Å²) in [4.78, 5) is 28.9. The Morgan fingerprint density at radius 3 is 2.30 bits per heavy atom. The van der Waals surface area contributed by atoms with Crippen LogP contribution in [-0.2, 0) is 4.79 Å². The van der Waals surface area contributed by atoms with Crippen molar-refractivity contribution in [3.8, 4) is 6.07 Å². The zero-order valence-electron chi connectivity index (χ0n) is 17.6. The number of nitriles is 1. The van der Waals surface area contributed by atoms with Crippen LogP contribution in [0.3, 0.4) is 0 Å². The molecule has 162 valence electrons. The molecule has 3 aromatic rings. The van der Waals surface area contributed by atoms with Gasteiger partial charge in [-0.25, -0.2) is 4.39 Å². The van der Waals surface area contributed by atoms with Gasteiger partial charge in [-0.2, -0.15) is 5.26 Å². The van der Waals surface area contributed by atoms with Crippen molar-refractivity contribution >= 4 is 23.5 Å². The van der Waals surface area contributed by atoms with E-state index in [9.17, 15) is 19.2 Å². The predicted octanol–water partition coefficient (Wildman–Crippen LogP) is 4.07.